The van der Waals surface area contributed by atoms with E-state index in [4.69, 9.17) is 4.74 Å². The quantitative estimate of drug-likeness (QED) is 0.287. The van der Waals surface area contributed by atoms with E-state index in [1.54, 1.807) is 0 Å². The molecule has 0 radical (unpaired) electrons. The molecule has 6 nitrogen and oxygen atoms in total. The van der Waals surface area contributed by atoms with Crippen molar-refractivity contribution in [1.82, 2.24) is 0 Å². The van der Waals surface area contributed by atoms with Crippen molar-refractivity contribution in [3.63, 3.8) is 0 Å². The summed E-state index contributed by atoms with van der Waals surface area (Å²) >= 11 is 0. The molecule has 0 saturated heterocycles. The second-order valence-corrected chi connectivity index (χ2v) is 8.01. The molecule has 0 N–H and O–H groups in total. The molecule has 7 heteroatoms. The number of hydrogen-bond donors (Lipinski definition) is 0. The molecular weight excluding hydrogens is 330 g/mol. The summed E-state index contributed by atoms with van der Waals surface area (Å²) in [5.41, 5.74) is 0. The molecular formula is C17H34NO5S+. The van der Waals surface area contributed by atoms with Crippen molar-refractivity contribution in [2.75, 3.05) is 19.8 Å². The lowest BCUT2D eigenvalue weighted by Crippen LogP contribution is -2.24. The highest BCUT2D eigenvalue weighted by Crippen LogP contribution is 2.25. The van der Waals surface area contributed by atoms with Crippen LogP contribution in [0.15, 0.2) is 0 Å². The molecule has 0 aromatic heterocycles. The fourth-order valence-corrected chi connectivity index (χ4v) is 3.47. The summed E-state index contributed by atoms with van der Waals surface area (Å²) in [4.78, 5) is 11.4. The molecule has 1 rings (SSSR count). The van der Waals surface area contributed by atoms with Gasteiger partial charge in [-0.2, -0.15) is 0 Å². The Morgan fingerprint density at radius 1 is 0.833 bits per heavy atom. The Balaban J connectivity index is 1.81. The van der Waals surface area contributed by atoms with Crippen LogP contribution in [0.2, 0.25) is 0 Å². The van der Waals surface area contributed by atoms with Crippen molar-refractivity contribution in [3.8, 4) is 0 Å². The molecule has 0 aliphatic heterocycles. The molecule has 0 amide bonds. The van der Waals surface area contributed by atoms with Gasteiger partial charge in [-0.1, -0.05) is 64.7 Å². The smallest absolute Gasteiger partial charge is 0.379 e. The van der Waals surface area contributed by atoms with Gasteiger partial charge in [0, 0.05) is 24.4 Å². The lowest BCUT2D eigenvalue weighted by molar-refractivity contribution is -0.415. The van der Waals surface area contributed by atoms with Gasteiger partial charge in [0.1, 0.15) is 4.17 Å². The normalized spacial score (nSPS) is 14.9. The first kappa shape index (κ1) is 21.5. The number of unbranched alkanes of at least 4 members (excludes halogenated alkanes) is 9. The SMILES string of the molecule is CCCCCCCCCCCCOCCOS(=O)(=O)[N+](=O)C1CC1. The van der Waals surface area contributed by atoms with Crippen molar-refractivity contribution in [2.24, 2.45) is 0 Å². The lowest BCUT2D eigenvalue weighted by atomic mass is 10.1. The van der Waals surface area contributed by atoms with Gasteiger partial charge >= 0.3 is 10.3 Å². The van der Waals surface area contributed by atoms with Crippen LogP contribution < -0.4 is 0 Å². The fraction of sp³-hybridized carbons (Fsp3) is 1.00. The summed E-state index contributed by atoms with van der Waals surface area (Å²) in [6, 6.07) is -0.414. The molecule has 1 aliphatic carbocycles. The number of nitrogens with zero attached hydrogens (tertiary/aromatic N) is 1. The van der Waals surface area contributed by atoms with Crippen LogP contribution >= 0.6 is 0 Å². The third-order valence-corrected chi connectivity index (χ3v) is 5.37. The van der Waals surface area contributed by atoms with Gasteiger partial charge < -0.3 is 4.74 Å². The van der Waals surface area contributed by atoms with E-state index in [1.165, 1.54) is 51.4 Å². The van der Waals surface area contributed by atoms with Crippen molar-refractivity contribution < 1.29 is 21.5 Å². The monoisotopic (exact) mass is 364 g/mol. The van der Waals surface area contributed by atoms with Gasteiger partial charge in [-0.25, -0.2) is 4.18 Å². The fourth-order valence-electron chi connectivity index (χ4n) is 2.51. The summed E-state index contributed by atoms with van der Waals surface area (Å²) in [6.07, 6.45) is 14.0. The minimum atomic E-state index is -4.12. The Hall–Kier alpha value is -0.530. The molecule has 0 heterocycles. The number of ether oxygens (including phenoxy) is 1. The van der Waals surface area contributed by atoms with Gasteiger partial charge in [0.15, 0.2) is 0 Å². The maximum absolute atomic E-state index is 11.5. The Kier molecular flexibility index (Phi) is 11.5. The van der Waals surface area contributed by atoms with E-state index in [0.717, 1.165) is 12.8 Å². The molecule has 0 aromatic rings. The highest BCUT2D eigenvalue weighted by molar-refractivity contribution is 7.80. The predicted octanol–water partition coefficient (Wildman–Crippen LogP) is 4.13. The Labute approximate surface area is 147 Å². The van der Waals surface area contributed by atoms with Crippen LogP contribution in [0.3, 0.4) is 0 Å². The van der Waals surface area contributed by atoms with E-state index in [-0.39, 0.29) is 17.4 Å². The van der Waals surface area contributed by atoms with Crippen molar-refractivity contribution in [2.45, 2.75) is 90.0 Å². The zero-order valence-corrected chi connectivity index (χ0v) is 15.9. The summed E-state index contributed by atoms with van der Waals surface area (Å²) in [5.74, 6) is 0. The molecule has 142 valence electrons. The Bertz CT molecular complexity index is 434. The highest BCUT2D eigenvalue weighted by atomic mass is 32.2. The zero-order chi connectivity index (χ0) is 17.7. The highest BCUT2D eigenvalue weighted by Gasteiger charge is 2.47. The summed E-state index contributed by atoms with van der Waals surface area (Å²) in [7, 11) is -4.12. The van der Waals surface area contributed by atoms with Crippen LogP contribution in [0.1, 0.15) is 84.0 Å². The minimum absolute atomic E-state index is 0.0786. The van der Waals surface area contributed by atoms with Crippen LogP contribution in [-0.4, -0.2) is 38.4 Å². The lowest BCUT2D eigenvalue weighted by Gasteiger charge is -2.04. The van der Waals surface area contributed by atoms with Gasteiger partial charge in [0.05, 0.1) is 13.2 Å². The van der Waals surface area contributed by atoms with E-state index in [2.05, 4.69) is 11.1 Å². The van der Waals surface area contributed by atoms with Gasteiger partial charge in [0.2, 0.25) is 6.04 Å². The van der Waals surface area contributed by atoms with Crippen LogP contribution in [-0.2, 0) is 19.2 Å². The van der Waals surface area contributed by atoms with E-state index in [1.807, 2.05) is 0 Å². The average molecular weight is 365 g/mol. The van der Waals surface area contributed by atoms with Crippen LogP contribution in [0, 0.1) is 4.91 Å². The first-order valence-corrected chi connectivity index (χ1v) is 10.9. The molecule has 24 heavy (non-hydrogen) atoms. The molecule has 1 saturated carbocycles. The molecule has 0 aromatic carbocycles. The molecule has 1 fully saturated rings. The number of hydrogen-bond acceptors (Lipinski definition) is 5. The van der Waals surface area contributed by atoms with Crippen molar-refractivity contribution in [3.05, 3.63) is 4.91 Å². The Morgan fingerprint density at radius 3 is 1.92 bits per heavy atom. The van der Waals surface area contributed by atoms with Crippen LogP contribution in [0.5, 0.6) is 0 Å². The maximum Gasteiger partial charge on any atom is 0.554 e. The largest absolute Gasteiger partial charge is 0.554 e. The summed E-state index contributed by atoms with van der Waals surface area (Å²) < 4.78 is 33.0. The van der Waals surface area contributed by atoms with Crippen LogP contribution in [0.25, 0.3) is 0 Å². The van der Waals surface area contributed by atoms with E-state index in [0.29, 0.717) is 19.4 Å². The topological polar surface area (TPSA) is 72.7 Å². The van der Waals surface area contributed by atoms with E-state index in [9.17, 15) is 13.3 Å². The summed E-state index contributed by atoms with van der Waals surface area (Å²) in [6.45, 7) is 2.96. The standard InChI is InChI=1S/C17H34NO5S/c1-2-3-4-5-6-7-8-9-10-11-14-22-15-16-23-24(20,21)18(19)17-12-13-17/h17H,2-16H2,1H3/q+1. The maximum atomic E-state index is 11.5. The second kappa shape index (κ2) is 12.8. The molecule has 0 atom stereocenters. The number of nitroso groups, excluding NO2 is 1. The molecule has 0 bridgehead atoms. The van der Waals surface area contributed by atoms with Crippen molar-refractivity contribution >= 4 is 10.3 Å². The third-order valence-electron chi connectivity index (χ3n) is 4.17. The molecule has 0 unspecified atom stereocenters. The molecule has 1 aliphatic rings. The third kappa shape index (κ3) is 10.4. The Morgan fingerprint density at radius 2 is 1.38 bits per heavy atom. The van der Waals surface area contributed by atoms with Gasteiger partial charge in [-0.15, -0.1) is 8.42 Å². The van der Waals surface area contributed by atoms with Crippen LogP contribution in [0.4, 0.5) is 0 Å². The number of rotatable bonds is 17. The zero-order valence-electron chi connectivity index (χ0n) is 15.1. The predicted molar refractivity (Wildman–Crippen MR) is 94.2 cm³/mol. The van der Waals surface area contributed by atoms with Gasteiger partial charge in [0.25, 0.3) is 0 Å². The van der Waals surface area contributed by atoms with Gasteiger partial charge in [-0.3, -0.25) is 0 Å². The van der Waals surface area contributed by atoms with Gasteiger partial charge in [-0.05, 0) is 6.42 Å². The first-order chi connectivity index (χ1) is 11.6. The van der Waals surface area contributed by atoms with E-state index < -0.39 is 16.3 Å². The minimum Gasteiger partial charge on any atom is -0.379 e. The van der Waals surface area contributed by atoms with E-state index >= 15 is 0 Å². The summed E-state index contributed by atoms with van der Waals surface area (Å²) in [5, 5.41) is 0. The molecule has 0 spiro atoms. The second-order valence-electron chi connectivity index (χ2n) is 6.56. The average Bonchev–Trinajstić information content (AvgIpc) is 3.39. The van der Waals surface area contributed by atoms with Crippen molar-refractivity contribution in [1.29, 1.82) is 0 Å². The first-order valence-electron chi connectivity index (χ1n) is 9.51.